The summed E-state index contributed by atoms with van der Waals surface area (Å²) in [5, 5.41) is 19.0. The van der Waals surface area contributed by atoms with Crippen molar-refractivity contribution in [2.45, 2.75) is 20.3 Å². The highest BCUT2D eigenvalue weighted by atomic mass is 79.9. The van der Waals surface area contributed by atoms with Gasteiger partial charge in [0.25, 0.3) is 11.5 Å². The number of para-hydroxylation sites is 1. The molecule has 194 valence electrons. The number of nitrogens with one attached hydrogen (secondary N) is 1. The standard InChI is InChI=1S/C26H21BrClN5O5/c1-3-23-30-21-9-8-17(27)12-18(21)26(35)32(23)29-13-16-10-19(28)25(22(11-16)33(36)37)38-14-24(34)31-20-7-5-4-6-15(20)2/h4-13H,3,14H2,1-2H3,(H,31,34). The van der Waals surface area contributed by atoms with Crippen LogP contribution in [0.2, 0.25) is 5.02 Å². The second-order valence-corrected chi connectivity index (χ2v) is 9.49. The van der Waals surface area contributed by atoms with Crippen molar-refractivity contribution >= 4 is 61.9 Å². The smallest absolute Gasteiger partial charge is 0.313 e. The maximum absolute atomic E-state index is 13.1. The fourth-order valence-electron chi connectivity index (χ4n) is 3.66. The van der Waals surface area contributed by atoms with Gasteiger partial charge in [0, 0.05) is 28.2 Å². The van der Waals surface area contributed by atoms with Crippen LogP contribution in [0.5, 0.6) is 5.75 Å². The van der Waals surface area contributed by atoms with Gasteiger partial charge in [-0.25, -0.2) is 4.98 Å². The first-order valence-corrected chi connectivity index (χ1v) is 12.6. The molecular weight excluding hydrogens is 578 g/mol. The van der Waals surface area contributed by atoms with Crippen molar-refractivity contribution in [1.82, 2.24) is 9.66 Å². The molecule has 1 heterocycles. The zero-order chi connectivity index (χ0) is 27.4. The molecule has 1 N–H and O–H groups in total. The molecule has 0 radical (unpaired) electrons. The minimum absolute atomic E-state index is 0.0898. The van der Waals surface area contributed by atoms with Crippen molar-refractivity contribution in [2.24, 2.45) is 5.10 Å². The zero-order valence-corrected chi connectivity index (χ0v) is 22.6. The summed E-state index contributed by atoms with van der Waals surface area (Å²) < 4.78 is 7.30. The fraction of sp³-hybridized carbons (Fsp3) is 0.154. The van der Waals surface area contributed by atoms with Crippen molar-refractivity contribution in [3.8, 4) is 5.75 Å². The van der Waals surface area contributed by atoms with Crippen LogP contribution in [-0.2, 0) is 11.2 Å². The van der Waals surface area contributed by atoms with E-state index < -0.39 is 23.1 Å². The normalized spacial score (nSPS) is 11.2. The Morgan fingerprint density at radius 1 is 1.26 bits per heavy atom. The summed E-state index contributed by atoms with van der Waals surface area (Å²) in [5.41, 5.74) is 1.41. The Bertz CT molecular complexity index is 1650. The number of nitro benzene ring substituents is 1. The number of rotatable bonds is 8. The van der Waals surface area contributed by atoms with Crippen molar-refractivity contribution < 1.29 is 14.5 Å². The largest absolute Gasteiger partial charge is 0.476 e. The van der Waals surface area contributed by atoms with Crippen molar-refractivity contribution in [2.75, 3.05) is 11.9 Å². The van der Waals surface area contributed by atoms with Crippen LogP contribution in [0, 0.1) is 17.0 Å². The molecular formula is C26H21BrClN5O5. The fourth-order valence-corrected chi connectivity index (χ4v) is 4.30. The van der Waals surface area contributed by atoms with E-state index in [-0.39, 0.29) is 21.9 Å². The number of nitrogens with zero attached hydrogens (tertiary/aromatic N) is 4. The van der Waals surface area contributed by atoms with Gasteiger partial charge < -0.3 is 10.1 Å². The predicted molar refractivity (Wildman–Crippen MR) is 149 cm³/mol. The molecule has 0 atom stereocenters. The number of nitro groups is 1. The third-order valence-corrected chi connectivity index (χ3v) is 6.30. The second-order valence-electron chi connectivity index (χ2n) is 8.16. The molecule has 0 unspecified atom stereocenters. The molecule has 12 heteroatoms. The van der Waals surface area contributed by atoms with E-state index in [9.17, 15) is 19.7 Å². The lowest BCUT2D eigenvalue weighted by Gasteiger charge is -2.11. The number of hydrogen-bond acceptors (Lipinski definition) is 7. The molecule has 3 aromatic carbocycles. The highest BCUT2D eigenvalue weighted by Gasteiger charge is 2.22. The third-order valence-electron chi connectivity index (χ3n) is 5.52. The van der Waals surface area contributed by atoms with Crippen molar-refractivity contribution in [3.05, 3.63) is 102 Å². The highest BCUT2D eigenvalue weighted by molar-refractivity contribution is 9.10. The first-order valence-electron chi connectivity index (χ1n) is 11.4. The number of amides is 1. The topological polar surface area (TPSA) is 129 Å². The van der Waals surface area contributed by atoms with Crippen LogP contribution in [0.3, 0.4) is 0 Å². The number of benzene rings is 3. The lowest BCUT2D eigenvalue weighted by Crippen LogP contribution is -2.22. The Labute approximate surface area is 230 Å². The monoisotopic (exact) mass is 597 g/mol. The predicted octanol–water partition coefficient (Wildman–Crippen LogP) is 5.49. The lowest BCUT2D eigenvalue weighted by molar-refractivity contribution is -0.385. The molecule has 38 heavy (non-hydrogen) atoms. The molecule has 4 rings (SSSR count). The van der Waals surface area contributed by atoms with Gasteiger partial charge in [-0.05, 0) is 42.8 Å². The number of halogens is 2. The van der Waals surface area contributed by atoms with Crippen LogP contribution < -0.4 is 15.6 Å². The minimum Gasteiger partial charge on any atom is -0.476 e. The molecule has 0 aliphatic rings. The van der Waals surface area contributed by atoms with Gasteiger partial charge in [-0.15, -0.1) is 0 Å². The van der Waals surface area contributed by atoms with E-state index in [4.69, 9.17) is 16.3 Å². The van der Waals surface area contributed by atoms with Crippen LogP contribution in [0.1, 0.15) is 23.9 Å². The summed E-state index contributed by atoms with van der Waals surface area (Å²) in [6.45, 7) is 3.18. The maximum Gasteiger partial charge on any atom is 0.313 e. The average Bonchev–Trinajstić information content (AvgIpc) is 2.88. The maximum atomic E-state index is 13.1. The molecule has 4 aromatic rings. The Balaban J connectivity index is 1.61. The molecule has 0 saturated heterocycles. The number of carbonyl (C=O) groups is 1. The summed E-state index contributed by atoms with van der Waals surface area (Å²) in [4.78, 5) is 41.0. The lowest BCUT2D eigenvalue weighted by atomic mass is 10.2. The van der Waals surface area contributed by atoms with E-state index in [0.29, 0.717) is 33.3 Å². The molecule has 1 amide bonds. The molecule has 0 fully saturated rings. The zero-order valence-electron chi connectivity index (χ0n) is 20.3. The van der Waals surface area contributed by atoms with Crippen molar-refractivity contribution in [3.63, 3.8) is 0 Å². The van der Waals surface area contributed by atoms with Crippen LogP contribution in [0.25, 0.3) is 10.9 Å². The van der Waals surface area contributed by atoms with E-state index >= 15 is 0 Å². The molecule has 0 bridgehead atoms. The number of hydrogen-bond donors (Lipinski definition) is 1. The Morgan fingerprint density at radius 2 is 2.03 bits per heavy atom. The van der Waals surface area contributed by atoms with E-state index in [1.807, 2.05) is 26.0 Å². The van der Waals surface area contributed by atoms with Crippen LogP contribution in [0.15, 0.2) is 69.0 Å². The molecule has 0 aliphatic carbocycles. The minimum atomic E-state index is -0.670. The van der Waals surface area contributed by atoms with Gasteiger partial charge in [-0.2, -0.15) is 9.78 Å². The molecule has 0 spiro atoms. The third kappa shape index (κ3) is 5.90. The number of fused-ring (bicyclic) bond motifs is 1. The van der Waals surface area contributed by atoms with Gasteiger partial charge in [0.2, 0.25) is 5.75 Å². The second kappa shape index (κ2) is 11.5. The van der Waals surface area contributed by atoms with E-state index in [1.54, 1.807) is 30.3 Å². The molecule has 1 aromatic heterocycles. The van der Waals surface area contributed by atoms with Gasteiger partial charge in [0.05, 0.1) is 27.1 Å². The van der Waals surface area contributed by atoms with Gasteiger partial charge >= 0.3 is 5.69 Å². The van der Waals surface area contributed by atoms with E-state index in [0.717, 1.165) is 10.2 Å². The average molecular weight is 599 g/mol. The first-order chi connectivity index (χ1) is 18.2. The van der Waals surface area contributed by atoms with Gasteiger partial charge in [0.15, 0.2) is 6.61 Å². The Kier molecular flexibility index (Phi) is 8.18. The number of aromatic nitrogens is 2. The van der Waals surface area contributed by atoms with Gasteiger partial charge in [-0.3, -0.25) is 19.7 Å². The number of ether oxygens (including phenoxy) is 1. The summed E-state index contributed by atoms with van der Waals surface area (Å²) in [6, 6.07) is 15.0. The SMILES string of the molecule is CCc1nc2ccc(Br)cc2c(=O)n1N=Cc1cc(Cl)c(OCC(=O)Nc2ccccc2C)c([N+](=O)[O-])c1. The van der Waals surface area contributed by atoms with Crippen LogP contribution in [0.4, 0.5) is 11.4 Å². The summed E-state index contributed by atoms with van der Waals surface area (Å²) in [6.07, 6.45) is 1.70. The number of aryl methyl sites for hydroxylation is 2. The van der Waals surface area contributed by atoms with Crippen LogP contribution in [-0.4, -0.2) is 33.3 Å². The highest BCUT2D eigenvalue weighted by Crippen LogP contribution is 2.36. The number of anilines is 1. The Morgan fingerprint density at radius 3 is 2.74 bits per heavy atom. The van der Waals surface area contributed by atoms with Gasteiger partial charge in [0.1, 0.15) is 5.82 Å². The Hall–Kier alpha value is -4.09. The van der Waals surface area contributed by atoms with E-state index in [2.05, 4.69) is 31.3 Å². The summed E-state index contributed by atoms with van der Waals surface area (Å²) in [5.74, 6) is -0.337. The summed E-state index contributed by atoms with van der Waals surface area (Å²) in [7, 11) is 0. The molecule has 0 aliphatic heterocycles. The number of carbonyl (C=O) groups excluding carboxylic acids is 1. The van der Waals surface area contributed by atoms with Crippen molar-refractivity contribution in [1.29, 1.82) is 0 Å². The molecule has 10 nitrogen and oxygen atoms in total. The molecule has 0 saturated carbocycles. The quantitative estimate of drug-likeness (QED) is 0.162. The van der Waals surface area contributed by atoms with E-state index in [1.165, 1.54) is 18.3 Å². The van der Waals surface area contributed by atoms with Gasteiger partial charge in [-0.1, -0.05) is 52.7 Å². The van der Waals surface area contributed by atoms with Crippen LogP contribution >= 0.6 is 27.5 Å². The summed E-state index contributed by atoms with van der Waals surface area (Å²) >= 11 is 9.66. The first kappa shape index (κ1) is 27.0.